The number of methoxy groups -OCH3 is 1. The Hall–Kier alpha value is -0.990. The molecule has 1 rings (SSSR count). The zero-order chi connectivity index (χ0) is 15.3. The summed E-state index contributed by atoms with van der Waals surface area (Å²) in [6.45, 7) is -0.131. The minimum absolute atomic E-state index is 0. The predicted molar refractivity (Wildman–Crippen MR) is 80.5 cm³/mol. The first-order valence-corrected chi connectivity index (χ1v) is 6.73. The van der Waals surface area contributed by atoms with Gasteiger partial charge in [0.2, 0.25) is 0 Å². The summed E-state index contributed by atoms with van der Waals surface area (Å²) in [5, 5.41) is 2.52. The Morgan fingerprint density at radius 2 is 2.10 bits per heavy atom. The number of amides is 1. The van der Waals surface area contributed by atoms with Crippen molar-refractivity contribution in [2.75, 3.05) is 25.1 Å². The van der Waals surface area contributed by atoms with Crippen molar-refractivity contribution in [3.05, 3.63) is 22.7 Å². The average molecular weight is 365 g/mol. The van der Waals surface area contributed by atoms with Crippen LogP contribution < -0.4 is 15.8 Å². The van der Waals surface area contributed by atoms with E-state index in [1.165, 1.54) is 19.2 Å². The number of ether oxygens (including phenoxy) is 1. The summed E-state index contributed by atoms with van der Waals surface area (Å²) >= 11 is 5.59. The molecule has 0 aliphatic heterocycles. The molecule has 0 heterocycles. The largest absolute Gasteiger partial charge is 0.496 e. The maximum atomic E-state index is 11.9. The molecule has 0 aliphatic carbocycles. The van der Waals surface area contributed by atoms with Crippen molar-refractivity contribution in [2.24, 2.45) is 0 Å². The molecule has 0 radical (unpaired) electrons. The molecule has 1 aromatic carbocycles. The summed E-state index contributed by atoms with van der Waals surface area (Å²) in [5.74, 6) is -0.653. The Labute approximate surface area is 134 Å². The Morgan fingerprint density at radius 3 is 2.62 bits per heavy atom. The van der Waals surface area contributed by atoms with Crippen LogP contribution in [0.1, 0.15) is 10.4 Å². The van der Waals surface area contributed by atoms with Crippen molar-refractivity contribution in [1.29, 1.82) is 0 Å². The third-order valence-electron chi connectivity index (χ3n) is 2.22. The number of hydrogen-bond donors (Lipinski definition) is 2. The summed E-state index contributed by atoms with van der Waals surface area (Å²) in [6, 6.07) is 2.68. The highest BCUT2D eigenvalue weighted by molar-refractivity contribution is 8.00. The van der Waals surface area contributed by atoms with Gasteiger partial charge in [-0.1, -0.05) is 11.6 Å². The second-order valence-electron chi connectivity index (χ2n) is 3.62. The molecule has 0 atom stereocenters. The van der Waals surface area contributed by atoms with Gasteiger partial charge in [-0.3, -0.25) is 4.79 Å². The van der Waals surface area contributed by atoms with Crippen LogP contribution in [0.15, 0.2) is 12.1 Å². The number of alkyl halides is 3. The van der Waals surface area contributed by atoms with Crippen molar-refractivity contribution < 1.29 is 22.7 Å². The van der Waals surface area contributed by atoms with Crippen LogP contribution in [0.4, 0.5) is 18.9 Å². The highest BCUT2D eigenvalue weighted by atomic mass is 35.5. The lowest BCUT2D eigenvalue weighted by Crippen LogP contribution is -2.27. The summed E-state index contributed by atoms with van der Waals surface area (Å²) in [5.41, 5.74) is 1.61. The van der Waals surface area contributed by atoms with Crippen molar-refractivity contribution >= 4 is 47.4 Å². The number of rotatable bonds is 5. The number of anilines is 1. The van der Waals surface area contributed by atoms with Crippen LogP contribution >= 0.6 is 35.8 Å². The van der Waals surface area contributed by atoms with E-state index >= 15 is 0 Å². The fourth-order valence-corrected chi connectivity index (χ4v) is 1.94. The van der Waals surface area contributed by atoms with Gasteiger partial charge in [-0.05, 0) is 17.8 Å². The van der Waals surface area contributed by atoms with E-state index in [2.05, 4.69) is 5.32 Å². The van der Waals surface area contributed by atoms with Gasteiger partial charge in [0.05, 0.1) is 23.4 Å². The summed E-state index contributed by atoms with van der Waals surface area (Å²) in [4.78, 5) is 11.8. The fraction of sp³-hybridized carbons (Fsp3) is 0.364. The number of nitrogen functional groups attached to an aromatic ring is 1. The predicted octanol–water partition coefficient (Wildman–Crippen LogP) is 3.34. The molecule has 21 heavy (non-hydrogen) atoms. The van der Waals surface area contributed by atoms with Crippen LogP contribution in [0.2, 0.25) is 5.02 Å². The highest BCUT2D eigenvalue weighted by Gasteiger charge is 2.27. The minimum atomic E-state index is -4.31. The van der Waals surface area contributed by atoms with Gasteiger partial charge in [0.1, 0.15) is 5.75 Å². The molecule has 0 unspecified atom stereocenters. The second-order valence-corrected chi connectivity index (χ2v) is 5.19. The first kappa shape index (κ1) is 20.0. The number of thioether (sulfide) groups is 1. The first-order chi connectivity index (χ1) is 9.24. The Morgan fingerprint density at radius 1 is 1.48 bits per heavy atom. The van der Waals surface area contributed by atoms with Crippen molar-refractivity contribution in [3.8, 4) is 5.75 Å². The molecule has 4 nitrogen and oxygen atoms in total. The molecule has 0 bridgehead atoms. The zero-order valence-electron chi connectivity index (χ0n) is 10.8. The number of nitrogens with one attached hydrogen (secondary N) is 1. The molecule has 3 N–H and O–H groups in total. The van der Waals surface area contributed by atoms with Crippen LogP contribution in [-0.4, -0.2) is 30.8 Å². The van der Waals surface area contributed by atoms with E-state index in [9.17, 15) is 18.0 Å². The summed E-state index contributed by atoms with van der Waals surface area (Å²) < 4.78 is 40.7. The average Bonchev–Trinajstić information content (AvgIpc) is 2.36. The lowest BCUT2D eigenvalue weighted by atomic mass is 10.1. The number of carbonyl (C=O) groups is 1. The first-order valence-electron chi connectivity index (χ1n) is 5.36. The molecule has 0 aromatic heterocycles. The minimum Gasteiger partial charge on any atom is -0.496 e. The lowest BCUT2D eigenvalue weighted by molar-refractivity contribution is -0.0327. The quantitative estimate of drug-likeness (QED) is 0.621. The van der Waals surface area contributed by atoms with E-state index in [1.807, 2.05) is 0 Å². The van der Waals surface area contributed by atoms with Crippen LogP contribution in [0.5, 0.6) is 5.75 Å². The molecule has 120 valence electrons. The third-order valence-corrected chi connectivity index (χ3v) is 3.28. The van der Waals surface area contributed by atoms with Gasteiger partial charge in [0.15, 0.2) is 0 Å². The topological polar surface area (TPSA) is 64.3 Å². The zero-order valence-corrected chi connectivity index (χ0v) is 13.2. The Bertz CT molecular complexity index is 501. The standard InChI is InChI=1S/C11H12ClF3N2O2S.ClH/c1-19-9-5-8(16)7(12)4-6(9)10(18)17-2-3-20-11(13,14)15;/h4-5H,2-3,16H2,1H3,(H,17,18);1H. The van der Waals surface area contributed by atoms with Crippen molar-refractivity contribution in [1.82, 2.24) is 5.32 Å². The lowest BCUT2D eigenvalue weighted by Gasteiger charge is -2.11. The molecule has 0 saturated heterocycles. The van der Waals surface area contributed by atoms with E-state index in [0.717, 1.165) is 0 Å². The van der Waals surface area contributed by atoms with Crippen molar-refractivity contribution in [2.45, 2.75) is 5.51 Å². The summed E-state index contributed by atoms with van der Waals surface area (Å²) in [7, 11) is 1.35. The fourth-order valence-electron chi connectivity index (χ4n) is 1.34. The van der Waals surface area contributed by atoms with E-state index in [-0.39, 0.29) is 58.5 Å². The SMILES string of the molecule is COc1cc(N)c(Cl)cc1C(=O)NCCSC(F)(F)F.Cl. The smallest absolute Gasteiger partial charge is 0.441 e. The highest BCUT2D eigenvalue weighted by Crippen LogP contribution is 2.30. The van der Waals surface area contributed by atoms with Gasteiger partial charge in [0, 0.05) is 18.4 Å². The van der Waals surface area contributed by atoms with Gasteiger partial charge < -0.3 is 15.8 Å². The maximum absolute atomic E-state index is 11.9. The normalized spacial score (nSPS) is 10.7. The molecule has 0 aliphatic rings. The van der Waals surface area contributed by atoms with E-state index < -0.39 is 11.4 Å². The number of halogens is 5. The van der Waals surface area contributed by atoms with Crippen LogP contribution in [0.3, 0.4) is 0 Å². The molecule has 10 heteroatoms. The molecule has 1 aromatic rings. The Balaban J connectivity index is 0.00000400. The molecular weight excluding hydrogens is 352 g/mol. The molecule has 0 spiro atoms. The second kappa shape index (κ2) is 8.45. The molecular formula is C11H13Cl2F3N2O2S. The molecule has 0 saturated carbocycles. The van der Waals surface area contributed by atoms with Gasteiger partial charge in [0.25, 0.3) is 5.91 Å². The number of hydrogen-bond acceptors (Lipinski definition) is 4. The van der Waals surface area contributed by atoms with Crippen LogP contribution in [-0.2, 0) is 0 Å². The van der Waals surface area contributed by atoms with E-state index in [1.54, 1.807) is 0 Å². The van der Waals surface area contributed by atoms with E-state index in [4.69, 9.17) is 22.1 Å². The van der Waals surface area contributed by atoms with Gasteiger partial charge >= 0.3 is 5.51 Å². The third kappa shape index (κ3) is 6.54. The number of benzene rings is 1. The molecule has 1 amide bonds. The van der Waals surface area contributed by atoms with Gasteiger partial charge in [-0.25, -0.2) is 0 Å². The van der Waals surface area contributed by atoms with E-state index in [0.29, 0.717) is 0 Å². The van der Waals surface area contributed by atoms with Crippen LogP contribution in [0, 0.1) is 0 Å². The Kier molecular flexibility index (Phi) is 8.05. The van der Waals surface area contributed by atoms with Crippen molar-refractivity contribution in [3.63, 3.8) is 0 Å². The monoisotopic (exact) mass is 364 g/mol. The van der Waals surface area contributed by atoms with Gasteiger partial charge in [-0.2, -0.15) is 13.2 Å². The van der Waals surface area contributed by atoms with Crippen LogP contribution in [0.25, 0.3) is 0 Å². The number of nitrogens with two attached hydrogens (primary N) is 1. The number of carbonyl (C=O) groups excluding carboxylic acids is 1. The van der Waals surface area contributed by atoms with Gasteiger partial charge in [-0.15, -0.1) is 12.4 Å². The maximum Gasteiger partial charge on any atom is 0.441 e. The molecule has 0 fully saturated rings. The summed E-state index contributed by atoms with van der Waals surface area (Å²) in [6.07, 6.45) is 0.